The number of hydrogen-bond donors (Lipinski definition) is 2. The summed E-state index contributed by atoms with van der Waals surface area (Å²) >= 11 is 0. The lowest BCUT2D eigenvalue weighted by Crippen LogP contribution is -2.28. The van der Waals surface area contributed by atoms with Crippen molar-refractivity contribution in [1.29, 1.82) is 0 Å². The quantitative estimate of drug-likeness (QED) is 0.368. The van der Waals surface area contributed by atoms with Crippen LogP contribution < -0.4 is 5.73 Å². The highest BCUT2D eigenvalue weighted by molar-refractivity contribution is 5.99. The van der Waals surface area contributed by atoms with Crippen molar-refractivity contribution < 1.29 is 10.0 Å². The first kappa shape index (κ1) is 15.0. The minimum absolute atomic E-state index is 0.0216. The Morgan fingerprint density at radius 1 is 1.32 bits per heavy atom. The fourth-order valence-corrected chi connectivity index (χ4v) is 1.62. The molecule has 1 rings (SSSR count). The van der Waals surface area contributed by atoms with Crippen molar-refractivity contribution in [2.45, 2.75) is 20.3 Å². The zero-order valence-electron chi connectivity index (χ0n) is 11.6. The van der Waals surface area contributed by atoms with E-state index in [1.165, 1.54) is 0 Å². The molecule has 0 radical (unpaired) electrons. The maximum absolute atomic E-state index is 12.1. The molecule has 0 saturated carbocycles. The van der Waals surface area contributed by atoms with Crippen molar-refractivity contribution in [3.05, 3.63) is 35.4 Å². The number of oxime groups is 1. The van der Waals surface area contributed by atoms with Crippen LogP contribution in [0.5, 0.6) is 0 Å². The predicted molar refractivity (Wildman–Crippen MR) is 75.4 cm³/mol. The van der Waals surface area contributed by atoms with Crippen LogP contribution in [-0.4, -0.2) is 35.4 Å². The summed E-state index contributed by atoms with van der Waals surface area (Å²) in [7, 11) is 1.79. The molecule has 5 heteroatoms. The predicted octanol–water partition coefficient (Wildman–Crippen LogP) is 1.90. The molecular formula is C14H21N3O2. The molecule has 104 valence electrons. The molecule has 3 N–H and O–H groups in total. The van der Waals surface area contributed by atoms with Crippen LogP contribution >= 0.6 is 0 Å². The third-order valence-corrected chi connectivity index (χ3v) is 2.92. The molecule has 19 heavy (non-hydrogen) atoms. The van der Waals surface area contributed by atoms with Gasteiger partial charge in [0, 0.05) is 24.7 Å². The Hall–Kier alpha value is -2.04. The van der Waals surface area contributed by atoms with Crippen LogP contribution in [0, 0.1) is 5.92 Å². The van der Waals surface area contributed by atoms with E-state index in [-0.39, 0.29) is 11.7 Å². The van der Waals surface area contributed by atoms with Crippen LogP contribution in [0.4, 0.5) is 0 Å². The first-order valence-electron chi connectivity index (χ1n) is 6.29. The Labute approximate surface area is 113 Å². The van der Waals surface area contributed by atoms with E-state index in [9.17, 15) is 4.79 Å². The number of amidine groups is 1. The molecule has 1 aromatic carbocycles. The van der Waals surface area contributed by atoms with Gasteiger partial charge in [0.1, 0.15) is 0 Å². The molecule has 1 amide bonds. The molecule has 0 bridgehead atoms. The van der Waals surface area contributed by atoms with Gasteiger partial charge >= 0.3 is 0 Å². The van der Waals surface area contributed by atoms with Gasteiger partial charge in [-0.15, -0.1) is 0 Å². The lowest BCUT2D eigenvalue weighted by molar-refractivity contribution is 0.0789. The Balaban J connectivity index is 2.72. The third-order valence-electron chi connectivity index (χ3n) is 2.92. The number of nitrogens with two attached hydrogens (primary N) is 1. The topological polar surface area (TPSA) is 78.9 Å². The highest BCUT2D eigenvalue weighted by Gasteiger charge is 2.12. The van der Waals surface area contributed by atoms with Gasteiger partial charge < -0.3 is 15.8 Å². The van der Waals surface area contributed by atoms with Crippen molar-refractivity contribution >= 4 is 11.7 Å². The van der Waals surface area contributed by atoms with Gasteiger partial charge in [-0.1, -0.05) is 31.1 Å². The van der Waals surface area contributed by atoms with E-state index >= 15 is 0 Å². The Morgan fingerprint density at radius 3 is 2.32 bits per heavy atom. The lowest BCUT2D eigenvalue weighted by atomic mass is 10.1. The summed E-state index contributed by atoms with van der Waals surface area (Å²) < 4.78 is 0. The maximum atomic E-state index is 12.1. The molecule has 0 aromatic heterocycles. The summed E-state index contributed by atoms with van der Waals surface area (Å²) in [4.78, 5) is 13.8. The van der Waals surface area contributed by atoms with Gasteiger partial charge in [0.25, 0.3) is 5.91 Å². The van der Waals surface area contributed by atoms with E-state index in [0.717, 1.165) is 13.0 Å². The number of rotatable bonds is 5. The molecule has 0 aliphatic rings. The van der Waals surface area contributed by atoms with Crippen LogP contribution in [-0.2, 0) is 0 Å². The van der Waals surface area contributed by atoms with Gasteiger partial charge in [-0.3, -0.25) is 4.79 Å². The smallest absolute Gasteiger partial charge is 0.253 e. The Kier molecular flexibility index (Phi) is 5.36. The standard InChI is InChI=1S/C14H21N3O2/c1-10(2)8-9-17(3)14(18)12-6-4-11(5-7-12)13(15)16-19/h4-7,10,19H,8-9H2,1-3H3,(H2,15,16). The molecule has 0 aliphatic carbocycles. The minimum Gasteiger partial charge on any atom is -0.409 e. The molecule has 0 fully saturated rings. The SMILES string of the molecule is CC(C)CCN(C)C(=O)c1ccc(/C(N)=N/O)cc1. The van der Waals surface area contributed by atoms with E-state index in [4.69, 9.17) is 10.9 Å². The molecule has 0 unspecified atom stereocenters. The fraction of sp³-hybridized carbons (Fsp3) is 0.429. The maximum Gasteiger partial charge on any atom is 0.253 e. The van der Waals surface area contributed by atoms with E-state index in [1.54, 1.807) is 36.2 Å². The van der Waals surface area contributed by atoms with Crippen LogP contribution in [0.15, 0.2) is 29.4 Å². The highest BCUT2D eigenvalue weighted by Crippen LogP contribution is 2.09. The Bertz CT molecular complexity index is 452. The average molecular weight is 263 g/mol. The summed E-state index contributed by atoms with van der Waals surface area (Å²) in [6.45, 7) is 4.99. The second-order valence-electron chi connectivity index (χ2n) is 4.97. The number of hydrogen-bond acceptors (Lipinski definition) is 3. The van der Waals surface area contributed by atoms with Gasteiger partial charge in [0.2, 0.25) is 0 Å². The van der Waals surface area contributed by atoms with Gasteiger partial charge in [0.05, 0.1) is 0 Å². The highest BCUT2D eigenvalue weighted by atomic mass is 16.4. The summed E-state index contributed by atoms with van der Waals surface area (Å²) in [5, 5.41) is 11.5. The summed E-state index contributed by atoms with van der Waals surface area (Å²) in [6.07, 6.45) is 0.977. The molecule has 0 heterocycles. The summed E-state index contributed by atoms with van der Waals surface area (Å²) in [5.74, 6) is 0.581. The number of nitrogens with zero attached hydrogens (tertiary/aromatic N) is 2. The van der Waals surface area contributed by atoms with Crippen LogP contribution in [0.25, 0.3) is 0 Å². The number of amides is 1. The number of carbonyl (C=O) groups excluding carboxylic acids is 1. The van der Waals surface area contributed by atoms with E-state index in [1.807, 2.05) is 0 Å². The monoisotopic (exact) mass is 263 g/mol. The molecular weight excluding hydrogens is 242 g/mol. The summed E-state index contributed by atoms with van der Waals surface area (Å²) in [6, 6.07) is 6.69. The molecule has 5 nitrogen and oxygen atoms in total. The van der Waals surface area contributed by atoms with Gasteiger partial charge in [-0.2, -0.15) is 0 Å². The van der Waals surface area contributed by atoms with Gasteiger partial charge in [-0.25, -0.2) is 0 Å². The van der Waals surface area contributed by atoms with Crippen LogP contribution in [0.2, 0.25) is 0 Å². The molecule has 0 atom stereocenters. The first-order valence-corrected chi connectivity index (χ1v) is 6.29. The average Bonchev–Trinajstić information content (AvgIpc) is 2.43. The normalized spacial score (nSPS) is 11.7. The molecule has 0 saturated heterocycles. The second-order valence-corrected chi connectivity index (χ2v) is 4.97. The van der Waals surface area contributed by atoms with E-state index in [0.29, 0.717) is 17.0 Å². The second kappa shape index (κ2) is 6.78. The molecule has 1 aromatic rings. The van der Waals surface area contributed by atoms with Gasteiger partial charge in [0.15, 0.2) is 5.84 Å². The van der Waals surface area contributed by atoms with Crippen molar-refractivity contribution in [3.8, 4) is 0 Å². The van der Waals surface area contributed by atoms with Crippen LogP contribution in [0.1, 0.15) is 36.2 Å². The van der Waals surface area contributed by atoms with E-state index in [2.05, 4.69) is 19.0 Å². The summed E-state index contributed by atoms with van der Waals surface area (Å²) in [5.41, 5.74) is 6.65. The number of carbonyl (C=O) groups is 1. The van der Waals surface area contributed by atoms with Crippen molar-refractivity contribution in [2.75, 3.05) is 13.6 Å². The van der Waals surface area contributed by atoms with Crippen molar-refractivity contribution in [2.24, 2.45) is 16.8 Å². The largest absolute Gasteiger partial charge is 0.409 e. The van der Waals surface area contributed by atoms with Crippen molar-refractivity contribution in [1.82, 2.24) is 4.90 Å². The lowest BCUT2D eigenvalue weighted by Gasteiger charge is -2.18. The molecule has 0 spiro atoms. The Morgan fingerprint density at radius 2 is 1.84 bits per heavy atom. The zero-order chi connectivity index (χ0) is 14.4. The fourth-order valence-electron chi connectivity index (χ4n) is 1.62. The zero-order valence-corrected chi connectivity index (χ0v) is 11.6. The van der Waals surface area contributed by atoms with Crippen molar-refractivity contribution in [3.63, 3.8) is 0 Å². The van der Waals surface area contributed by atoms with Gasteiger partial charge in [-0.05, 0) is 24.5 Å². The number of benzene rings is 1. The molecule has 0 aliphatic heterocycles. The van der Waals surface area contributed by atoms with E-state index < -0.39 is 0 Å². The van der Waals surface area contributed by atoms with Crippen LogP contribution in [0.3, 0.4) is 0 Å². The third kappa shape index (κ3) is 4.28. The first-order chi connectivity index (χ1) is 8.95. The minimum atomic E-state index is -0.0216.